The molecule has 0 spiro atoms. The third kappa shape index (κ3) is 3.37. The topological polar surface area (TPSA) is 51.5 Å². The fraction of sp³-hybridized carbons (Fsp3) is 0.267. The lowest BCUT2D eigenvalue weighted by Gasteiger charge is -2.14. The maximum atomic E-state index is 12.1. The first kappa shape index (κ1) is 13.2. The summed E-state index contributed by atoms with van der Waals surface area (Å²) < 4.78 is 10.4. The van der Waals surface area contributed by atoms with Crippen LogP contribution in [-0.4, -0.2) is 19.1 Å². The van der Waals surface area contributed by atoms with Crippen molar-refractivity contribution in [2.75, 3.05) is 7.11 Å². The van der Waals surface area contributed by atoms with Gasteiger partial charge < -0.3 is 14.5 Å². The Kier molecular flexibility index (Phi) is 4.23. The fourth-order valence-electron chi connectivity index (χ4n) is 1.92. The van der Waals surface area contributed by atoms with Crippen LogP contribution in [0.5, 0.6) is 5.75 Å². The molecule has 0 aliphatic heterocycles. The summed E-state index contributed by atoms with van der Waals surface area (Å²) in [6.07, 6.45) is 2.29. The number of para-hydroxylation sites is 1. The van der Waals surface area contributed by atoms with E-state index in [1.165, 1.54) is 0 Å². The molecule has 100 valence electrons. The maximum Gasteiger partial charge on any atom is 0.255 e. The Bertz CT molecular complexity index is 534. The first-order valence-corrected chi connectivity index (χ1v) is 6.17. The highest BCUT2D eigenvalue weighted by Crippen LogP contribution is 2.17. The van der Waals surface area contributed by atoms with Crippen LogP contribution in [0.3, 0.4) is 0 Å². The van der Waals surface area contributed by atoms with E-state index in [0.717, 1.165) is 5.76 Å². The molecule has 0 fully saturated rings. The van der Waals surface area contributed by atoms with E-state index in [9.17, 15) is 4.79 Å². The summed E-state index contributed by atoms with van der Waals surface area (Å²) in [5.74, 6) is 1.29. The second kappa shape index (κ2) is 6.09. The van der Waals surface area contributed by atoms with Crippen molar-refractivity contribution in [3.63, 3.8) is 0 Å². The number of carbonyl (C=O) groups is 1. The smallest absolute Gasteiger partial charge is 0.255 e. The van der Waals surface area contributed by atoms with Crippen molar-refractivity contribution in [3.8, 4) is 5.75 Å². The Morgan fingerprint density at radius 2 is 2.11 bits per heavy atom. The molecule has 19 heavy (non-hydrogen) atoms. The van der Waals surface area contributed by atoms with Gasteiger partial charge in [-0.05, 0) is 31.2 Å². The SMILES string of the molecule is COc1ccccc1C(=O)NC(C)Cc1ccco1. The Hall–Kier alpha value is -2.23. The van der Waals surface area contributed by atoms with Crippen LogP contribution in [0.15, 0.2) is 47.1 Å². The van der Waals surface area contributed by atoms with Gasteiger partial charge in [-0.3, -0.25) is 4.79 Å². The van der Waals surface area contributed by atoms with Gasteiger partial charge in [-0.1, -0.05) is 12.1 Å². The van der Waals surface area contributed by atoms with E-state index in [1.807, 2.05) is 31.2 Å². The van der Waals surface area contributed by atoms with Gasteiger partial charge in [-0.15, -0.1) is 0 Å². The van der Waals surface area contributed by atoms with Gasteiger partial charge in [0.05, 0.1) is 18.9 Å². The lowest BCUT2D eigenvalue weighted by atomic mass is 10.1. The van der Waals surface area contributed by atoms with Crippen LogP contribution >= 0.6 is 0 Å². The molecule has 2 aromatic rings. The summed E-state index contributed by atoms with van der Waals surface area (Å²) in [5.41, 5.74) is 0.538. The van der Waals surface area contributed by atoms with Crippen LogP contribution in [-0.2, 0) is 6.42 Å². The summed E-state index contributed by atoms with van der Waals surface area (Å²) in [5, 5.41) is 2.93. The van der Waals surface area contributed by atoms with Crippen LogP contribution in [0, 0.1) is 0 Å². The van der Waals surface area contributed by atoms with Gasteiger partial charge in [0.15, 0.2) is 0 Å². The molecule has 1 aromatic carbocycles. The fourth-order valence-corrected chi connectivity index (χ4v) is 1.92. The van der Waals surface area contributed by atoms with E-state index in [1.54, 1.807) is 25.5 Å². The van der Waals surface area contributed by atoms with Crippen molar-refractivity contribution in [1.29, 1.82) is 0 Å². The summed E-state index contributed by atoms with van der Waals surface area (Å²) >= 11 is 0. The summed E-state index contributed by atoms with van der Waals surface area (Å²) in [4.78, 5) is 12.1. The molecule has 0 aliphatic rings. The minimum atomic E-state index is -0.142. The Labute approximate surface area is 112 Å². The largest absolute Gasteiger partial charge is 0.496 e. The monoisotopic (exact) mass is 259 g/mol. The first-order chi connectivity index (χ1) is 9.20. The predicted octanol–water partition coefficient (Wildman–Crippen LogP) is 2.65. The standard InChI is InChI=1S/C15H17NO3/c1-11(10-12-6-5-9-19-12)16-15(17)13-7-3-4-8-14(13)18-2/h3-9,11H,10H2,1-2H3,(H,16,17). The molecule has 1 amide bonds. The van der Waals surface area contributed by atoms with Gasteiger partial charge in [-0.2, -0.15) is 0 Å². The van der Waals surface area contributed by atoms with E-state index < -0.39 is 0 Å². The second-order valence-corrected chi connectivity index (χ2v) is 4.36. The van der Waals surface area contributed by atoms with Gasteiger partial charge in [0.1, 0.15) is 11.5 Å². The molecule has 4 nitrogen and oxygen atoms in total. The third-order valence-electron chi connectivity index (χ3n) is 2.82. The molecule has 0 saturated carbocycles. The zero-order chi connectivity index (χ0) is 13.7. The average Bonchev–Trinajstić information content (AvgIpc) is 2.91. The quantitative estimate of drug-likeness (QED) is 0.898. The van der Waals surface area contributed by atoms with Gasteiger partial charge in [0.2, 0.25) is 0 Å². The van der Waals surface area contributed by atoms with E-state index in [0.29, 0.717) is 17.7 Å². The molecule has 2 rings (SSSR count). The van der Waals surface area contributed by atoms with Gasteiger partial charge >= 0.3 is 0 Å². The highest BCUT2D eigenvalue weighted by molar-refractivity contribution is 5.97. The van der Waals surface area contributed by atoms with Crippen LogP contribution in [0.1, 0.15) is 23.0 Å². The van der Waals surface area contributed by atoms with Crippen molar-refractivity contribution >= 4 is 5.91 Å². The van der Waals surface area contributed by atoms with E-state index in [2.05, 4.69) is 5.32 Å². The lowest BCUT2D eigenvalue weighted by Crippen LogP contribution is -2.34. The summed E-state index contributed by atoms with van der Waals surface area (Å²) in [6.45, 7) is 1.94. The zero-order valence-corrected chi connectivity index (χ0v) is 11.1. The summed E-state index contributed by atoms with van der Waals surface area (Å²) in [7, 11) is 1.55. The second-order valence-electron chi connectivity index (χ2n) is 4.36. The van der Waals surface area contributed by atoms with Gasteiger partial charge in [0.25, 0.3) is 5.91 Å². The minimum absolute atomic E-state index is 0.0106. The minimum Gasteiger partial charge on any atom is -0.496 e. The van der Waals surface area contributed by atoms with Crippen LogP contribution in [0.25, 0.3) is 0 Å². The molecule has 4 heteroatoms. The van der Waals surface area contributed by atoms with E-state index in [4.69, 9.17) is 9.15 Å². The number of hydrogen-bond donors (Lipinski definition) is 1. The highest BCUT2D eigenvalue weighted by Gasteiger charge is 2.14. The molecule has 0 bridgehead atoms. The van der Waals surface area contributed by atoms with Gasteiger partial charge in [-0.25, -0.2) is 0 Å². The number of rotatable bonds is 5. The molecule has 0 radical (unpaired) electrons. The molecular formula is C15H17NO3. The zero-order valence-electron chi connectivity index (χ0n) is 11.1. The van der Waals surface area contributed by atoms with Crippen LogP contribution in [0.2, 0.25) is 0 Å². The van der Waals surface area contributed by atoms with Crippen molar-refractivity contribution in [2.24, 2.45) is 0 Å². The first-order valence-electron chi connectivity index (χ1n) is 6.17. The molecule has 1 heterocycles. The third-order valence-corrected chi connectivity index (χ3v) is 2.82. The molecule has 0 saturated heterocycles. The number of furan rings is 1. The molecule has 1 N–H and O–H groups in total. The average molecular weight is 259 g/mol. The van der Waals surface area contributed by atoms with Crippen molar-refractivity contribution in [3.05, 3.63) is 54.0 Å². The molecular weight excluding hydrogens is 242 g/mol. The Morgan fingerprint density at radius 3 is 2.79 bits per heavy atom. The number of benzene rings is 1. The van der Waals surface area contributed by atoms with E-state index >= 15 is 0 Å². The van der Waals surface area contributed by atoms with Crippen LogP contribution < -0.4 is 10.1 Å². The van der Waals surface area contributed by atoms with Gasteiger partial charge in [0, 0.05) is 12.5 Å². The normalized spacial score (nSPS) is 11.9. The molecule has 0 aliphatic carbocycles. The Morgan fingerprint density at radius 1 is 1.32 bits per heavy atom. The number of methoxy groups -OCH3 is 1. The number of amides is 1. The van der Waals surface area contributed by atoms with Crippen molar-refractivity contribution in [2.45, 2.75) is 19.4 Å². The number of nitrogens with one attached hydrogen (secondary N) is 1. The number of hydrogen-bond acceptors (Lipinski definition) is 3. The Balaban J connectivity index is 2.00. The van der Waals surface area contributed by atoms with Crippen molar-refractivity contribution in [1.82, 2.24) is 5.32 Å². The maximum absolute atomic E-state index is 12.1. The number of carbonyl (C=O) groups excluding carboxylic acids is 1. The molecule has 1 unspecified atom stereocenters. The van der Waals surface area contributed by atoms with Crippen LogP contribution in [0.4, 0.5) is 0 Å². The number of ether oxygens (including phenoxy) is 1. The molecule has 1 aromatic heterocycles. The summed E-state index contributed by atoms with van der Waals surface area (Å²) in [6, 6.07) is 10.9. The lowest BCUT2D eigenvalue weighted by molar-refractivity contribution is 0.0936. The predicted molar refractivity (Wildman–Crippen MR) is 72.3 cm³/mol. The van der Waals surface area contributed by atoms with Crippen molar-refractivity contribution < 1.29 is 13.9 Å². The highest BCUT2D eigenvalue weighted by atomic mass is 16.5. The molecule has 1 atom stereocenters. The van der Waals surface area contributed by atoms with E-state index in [-0.39, 0.29) is 11.9 Å².